The summed E-state index contributed by atoms with van der Waals surface area (Å²) < 4.78 is 15.3. The van der Waals surface area contributed by atoms with Crippen molar-refractivity contribution in [3.8, 4) is 0 Å². The lowest BCUT2D eigenvalue weighted by atomic mass is 10.3. The van der Waals surface area contributed by atoms with Crippen LogP contribution in [0.15, 0.2) is 58.1 Å². The quantitative estimate of drug-likeness (QED) is 0.658. The molecule has 0 atom stereocenters. The fourth-order valence-electron chi connectivity index (χ4n) is 3.10. The van der Waals surface area contributed by atoms with Crippen molar-refractivity contribution in [2.75, 3.05) is 16.8 Å². The molecule has 29 heavy (non-hydrogen) atoms. The Morgan fingerprint density at radius 2 is 1.86 bits per heavy atom. The Kier molecular flexibility index (Phi) is 4.89. The topological polar surface area (TPSA) is 89.2 Å². The van der Waals surface area contributed by atoms with Crippen molar-refractivity contribution in [3.63, 3.8) is 0 Å². The molecule has 0 saturated heterocycles. The third-order valence-electron chi connectivity index (χ3n) is 4.44. The number of carbonyl (C=O) groups excluding carboxylic acids is 1. The van der Waals surface area contributed by atoms with Gasteiger partial charge in [0.15, 0.2) is 0 Å². The van der Waals surface area contributed by atoms with Gasteiger partial charge < -0.3 is 10.2 Å². The molecule has 0 unspecified atom stereocenters. The second-order valence-corrected chi connectivity index (χ2v) is 6.84. The van der Waals surface area contributed by atoms with Crippen molar-refractivity contribution in [1.29, 1.82) is 0 Å². The summed E-state index contributed by atoms with van der Waals surface area (Å²) in [6.45, 7) is 0.223. The molecule has 0 aliphatic carbocycles. The van der Waals surface area contributed by atoms with Gasteiger partial charge in [-0.25, -0.2) is 9.07 Å². The number of fused-ring (bicyclic) bond motifs is 1. The van der Waals surface area contributed by atoms with Crippen molar-refractivity contribution in [2.24, 2.45) is 0 Å². The number of rotatable bonds is 4. The zero-order valence-electron chi connectivity index (χ0n) is 15.0. The van der Waals surface area contributed by atoms with Gasteiger partial charge in [0, 0.05) is 29.5 Å². The van der Waals surface area contributed by atoms with E-state index in [0.29, 0.717) is 22.9 Å². The van der Waals surface area contributed by atoms with Crippen LogP contribution in [0, 0.1) is 5.82 Å². The van der Waals surface area contributed by atoms with E-state index < -0.39 is 23.6 Å². The number of nitrogens with zero attached hydrogens (tertiary/aromatic N) is 4. The number of benzene rings is 2. The van der Waals surface area contributed by atoms with E-state index in [-0.39, 0.29) is 18.3 Å². The van der Waals surface area contributed by atoms with Gasteiger partial charge in [-0.15, -0.1) is 5.10 Å². The molecule has 8 nitrogen and oxygen atoms in total. The van der Waals surface area contributed by atoms with E-state index in [4.69, 9.17) is 11.6 Å². The molecule has 1 amide bonds. The molecule has 1 aromatic heterocycles. The normalized spacial score (nSPS) is 12.7. The Hall–Kier alpha value is -3.46. The number of hydrogen-bond donors (Lipinski definition) is 1. The first-order chi connectivity index (χ1) is 13.9. The average molecular weight is 416 g/mol. The molecule has 2 heterocycles. The Morgan fingerprint density at radius 3 is 2.59 bits per heavy atom. The lowest BCUT2D eigenvalue weighted by Gasteiger charge is -2.17. The lowest BCUT2D eigenvalue weighted by molar-refractivity contribution is -0.117. The summed E-state index contributed by atoms with van der Waals surface area (Å²) in [5.74, 6) is -0.699. The second-order valence-electron chi connectivity index (χ2n) is 6.41. The Bertz CT molecular complexity index is 1210. The molecule has 0 fully saturated rings. The van der Waals surface area contributed by atoms with E-state index >= 15 is 0 Å². The van der Waals surface area contributed by atoms with E-state index in [1.165, 1.54) is 16.7 Å². The monoisotopic (exact) mass is 415 g/mol. The number of nitrogens with one attached hydrogen (secondary N) is 1. The number of anilines is 3. The first-order valence-electron chi connectivity index (χ1n) is 8.73. The summed E-state index contributed by atoms with van der Waals surface area (Å²) in [6, 6.07) is 12.2. The molecule has 2 aromatic carbocycles. The molecule has 1 aliphatic heterocycles. The summed E-state index contributed by atoms with van der Waals surface area (Å²) in [6.07, 6.45) is 0. The number of carbonyl (C=O) groups is 1. The highest BCUT2D eigenvalue weighted by molar-refractivity contribution is 6.30. The summed E-state index contributed by atoms with van der Waals surface area (Å²) in [4.78, 5) is 38.8. The first kappa shape index (κ1) is 18.9. The van der Waals surface area contributed by atoms with Crippen molar-refractivity contribution in [2.45, 2.75) is 13.1 Å². The first-order valence-corrected chi connectivity index (χ1v) is 9.10. The largest absolute Gasteiger partial charge is 0.333 e. The van der Waals surface area contributed by atoms with Gasteiger partial charge in [0.1, 0.15) is 12.4 Å². The summed E-state index contributed by atoms with van der Waals surface area (Å²) >= 11 is 5.89. The number of halogens is 2. The maximum Gasteiger partial charge on any atom is 0.333 e. The van der Waals surface area contributed by atoms with Crippen LogP contribution >= 0.6 is 11.6 Å². The van der Waals surface area contributed by atoms with Crippen LogP contribution in [0.5, 0.6) is 0 Å². The smallest absolute Gasteiger partial charge is 0.324 e. The number of amides is 1. The predicted octanol–water partition coefficient (Wildman–Crippen LogP) is 1.99. The lowest BCUT2D eigenvalue weighted by Crippen LogP contribution is -2.44. The summed E-state index contributed by atoms with van der Waals surface area (Å²) in [7, 11) is 0. The standard InChI is InChI=1S/C19H15ClFN5O3/c20-12-2-1-3-14(10-12)22-16(27)11-26-18(29)17(28)25-9-8-24(19(25)23-26)15-6-4-13(21)5-7-15/h1-7,10H,8-9,11H2,(H,22,27). The van der Waals surface area contributed by atoms with Crippen LogP contribution in [0.2, 0.25) is 5.02 Å². The molecule has 148 valence electrons. The average Bonchev–Trinajstić information content (AvgIpc) is 3.10. The number of aromatic nitrogens is 3. The third kappa shape index (κ3) is 3.77. The molecule has 0 spiro atoms. The van der Waals surface area contributed by atoms with Crippen LogP contribution in [0.4, 0.5) is 21.7 Å². The minimum absolute atomic E-state index is 0.219. The maximum absolute atomic E-state index is 13.2. The molecular formula is C19H15ClFN5O3. The summed E-state index contributed by atoms with van der Waals surface area (Å²) in [5.41, 5.74) is -0.578. The Morgan fingerprint density at radius 1 is 1.10 bits per heavy atom. The van der Waals surface area contributed by atoms with E-state index in [9.17, 15) is 18.8 Å². The molecule has 10 heteroatoms. The molecule has 0 bridgehead atoms. The van der Waals surface area contributed by atoms with Crippen LogP contribution in [0.1, 0.15) is 0 Å². The van der Waals surface area contributed by atoms with Crippen molar-refractivity contribution < 1.29 is 9.18 Å². The summed E-state index contributed by atoms with van der Waals surface area (Å²) in [5, 5.41) is 7.26. The molecular weight excluding hydrogens is 401 g/mol. The second kappa shape index (κ2) is 7.51. The highest BCUT2D eigenvalue weighted by Crippen LogP contribution is 2.26. The molecule has 0 radical (unpaired) electrons. The molecule has 4 rings (SSSR count). The molecule has 0 saturated carbocycles. The molecule has 1 N–H and O–H groups in total. The van der Waals surface area contributed by atoms with Gasteiger partial charge in [-0.1, -0.05) is 17.7 Å². The fourth-order valence-corrected chi connectivity index (χ4v) is 3.29. The van der Waals surface area contributed by atoms with Crippen LogP contribution in [-0.2, 0) is 17.9 Å². The van der Waals surface area contributed by atoms with Crippen LogP contribution in [0.3, 0.4) is 0 Å². The highest BCUT2D eigenvalue weighted by atomic mass is 35.5. The van der Waals surface area contributed by atoms with Gasteiger partial charge in [-0.3, -0.25) is 19.0 Å². The number of hydrogen-bond acceptors (Lipinski definition) is 5. The van der Waals surface area contributed by atoms with Crippen LogP contribution in [-0.4, -0.2) is 26.8 Å². The third-order valence-corrected chi connectivity index (χ3v) is 4.68. The van der Waals surface area contributed by atoms with Crippen molar-refractivity contribution in [1.82, 2.24) is 14.3 Å². The van der Waals surface area contributed by atoms with Gasteiger partial charge >= 0.3 is 11.1 Å². The van der Waals surface area contributed by atoms with Gasteiger partial charge in [-0.2, -0.15) is 0 Å². The van der Waals surface area contributed by atoms with Crippen LogP contribution in [0.25, 0.3) is 0 Å². The van der Waals surface area contributed by atoms with Crippen LogP contribution < -0.4 is 21.3 Å². The van der Waals surface area contributed by atoms with Gasteiger partial charge in [0.25, 0.3) is 0 Å². The minimum atomic E-state index is -0.893. The minimum Gasteiger partial charge on any atom is -0.324 e. The SMILES string of the molecule is O=C(Cn1nc2n(c(=O)c1=O)CCN2c1ccc(F)cc1)Nc1cccc(Cl)c1. The Balaban J connectivity index is 1.63. The van der Waals surface area contributed by atoms with Crippen molar-refractivity contribution in [3.05, 3.63) is 80.1 Å². The molecule has 1 aliphatic rings. The van der Waals surface area contributed by atoms with Gasteiger partial charge in [-0.05, 0) is 42.5 Å². The molecule has 3 aromatic rings. The zero-order chi connectivity index (χ0) is 20.5. The van der Waals surface area contributed by atoms with Gasteiger partial charge in [0.2, 0.25) is 11.9 Å². The maximum atomic E-state index is 13.2. The van der Waals surface area contributed by atoms with E-state index in [0.717, 1.165) is 4.68 Å². The van der Waals surface area contributed by atoms with Crippen molar-refractivity contribution >= 4 is 34.8 Å². The Labute approximate surface area is 168 Å². The van der Waals surface area contributed by atoms with E-state index in [2.05, 4.69) is 10.4 Å². The fraction of sp³-hybridized carbons (Fsp3) is 0.158. The zero-order valence-corrected chi connectivity index (χ0v) is 15.8. The van der Waals surface area contributed by atoms with Gasteiger partial charge in [0.05, 0.1) is 0 Å². The predicted molar refractivity (Wildman–Crippen MR) is 106 cm³/mol. The highest BCUT2D eigenvalue weighted by Gasteiger charge is 2.26. The van der Waals surface area contributed by atoms with E-state index in [1.54, 1.807) is 41.3 Å². The van der Waals surface area contributed by atoms with E-state index in [1.807, 2.05) is 0 Å².